The molecule has 6 nitrogen and oxygen atoms in total. The van der Waals surface area contributed by atoms with E-state index in [2.05, 4.69) is 15.1 Å². The Bertz CT molecular complexity index is 439. The van der Waals surface area contributed by atoms with Crippen molar-refractivity contribution in [2.45, 2.75) is 12.8 Å². The summed E-state index contributed by atoms with van der Waals surface area (Å²) in [6, 6.07) is 0. The molecule has 0 saturated heterocycles. The van der Waals surface area contributed by atoms with Gasteiger partial charge in [-0.1, -0.05) is 5.16 Å². The molecule has 0 saturated carbocycles. The van der Waals surface area contributed by atoms with Crippen molar-refractivity contribution >= 4 is 16.5 Å². The Morgan fingerprint density at radius 1 is 1.47 bits per heavy atom. The summed E-state index contributed by atoms with van der Waals surface area (Å²) in [6.07, 6.45) is 0.884. The third-order valence-electron chi connectivity index (χ3n) is 1.75. The van der Waals surface area contributed by atoms with E-state index >= 15 is 0 Å². The number of hydrogen-bond acceptors (Lipinski definition) is 7. The van der Waals surface area contributed by atoms with Gasteiger partial charge in [0.1, 0.15) is 0 Å². The maximum Gasteiger partial charge on any atom is 0.232 e. The molecule has 2 aromatic heterocycles. The number of nitrogen functional groups attached to an aromatic ring is 1. The molecule has 2 aromatic rings. The van der Waals surface area contributed by atoms with Crippen LogP contribution in [0.4, 0.5) is 5.13 Å². The number of aliphatic hydroxyl groups is 1. The minimum absolute atomic E-state index is 0.0165. The number of aromatic nitrogens is 3. The lowest BCUT2D eigenvalue weighted by Crippen LogP contribution is -1.94. The predicted octanol–water partition coefficient (Wildman–Crippen LogP) is 0.234. The molecule has 0 unspecified atom stereocenters. The zero-order chi connectivity index (χ0) is 10.7. The molecule has 0 aliphatic rings. The Morgan fingerprint density at radius 2 is 2.33 bits per heavy atom. The van der Waals surface area contributed by atoms with Crippen LogP contribution >= 0.6 is 11.3 Å². The van der Waals surface area contributed by atoms with Gasteiger partial charge >= 0.3 is 0 Å². The van der Waals surface area contributed by atoms with Gasteiger partial charge in [-0.15, -0.1) is 11.3 Å². The molecule has 2 heterocycles. The molecule has 0 radical (unpaired) electrons. The molecule has 15 heavy (non-hydrogen) atoms. The summed E-state index contributed by atoms with van der Waals surface area (Å²) in [5.74, 6) is 0.999. The zero-order valence-corrected chi connectivity index (χ0v) is 8.70. The fourth-order valence-corrected chi connectivity index (χ4v) is 1.69. The van der Waals surface area contributed by atoms with Crippen LogP contribution in [-0.4, -0.2) is 26.8 Å². The number of hydrogen-bond donors (Lipinski definition) is 2. The second-order valence-corrected chi connectivity index (χ2v) is 3.82. The van der Waals surface area contributed by atoms with Crippen LogP contribution in [0.3, 0.4) is 0 Å². The van der Waals surface area contributed by atoms with Gasteiger partial charge < -0.3 is 15.4 Å². The average molecular weight is 226 g/mol. The highest BCUT2D eigenvalue weighted by atomic mass is 32.1. The van der Waals surface area contributed by atoms with Crippen molar-refractivity contribution < 1.29 is 9.63 Å². The Labute approximate surface area is 89.8 Å². The summed E-state index contributed by atoms with van der Waals surface area (Å²) < 4.78 is 4.98. The van der Waals surface area contributed by atoms with E-state index in [0.29, 0.717) is 29.7 Å². The van der Waals surface area contributed by atoms with Crippen molar-refractivity contribution in [2.24, 2.45) is 0 Å². The largest absolute Gasteiger partial charge is 0.396 e. The van der Waals surface area contributed by atoms with Crippen LogP contribution in [0.2, 0.25) is 0 Å². The Balaban J connectivity index is 2.04. The van der Waals surface area contributed by atoms with Crippen molar-refractivity contribution in [3.8, 4) is 0 Å². The first-order valence-electron chi connectivity index (χ1n) is 4.40. The summed E-state index contributed by atoms with van der Waals surface area (Å²) in [7, 11) is 0. The smallest absolute Gasteiger partial charge is 0.232 e. The van der Waals surface area contributed by atoms with Crippen LogP contribution < -0.4 is 5.73 Å². The minimum Gasteiger partial charge on any atom is -0.396 e. The predicted molar refractivity (Wildman–Crippen MR) is 54.4 cm³/mol. The Morgan fingerprint density at radius 3 is 3.00 bits per heavy atom. The zero-order valence-electron chi connectivity index (χ0n) is 7.88. The van der Waals surface area contributed by atoms with Gasteiger partial charge in [-0.25, -0.2) is 4.98 Å². The molecule has 2 rings (SSSR count). The highest BCUT2D eigenvalue weighted by Gasteiger charge is 2.08. The molecular weight excluding hydrogens is 216 g/mol. The maximum atomic E-state index is 8.67. The van der Waals surface area contributed by atoms with E-state index in [-0.39, 0.29) is 6.61 Å². The van der Waals surface area contributed by atoms with Crippen LogP contribution in [0.15, 0.2) is 9.90 Å². The lowest BCUT2D eigenvalue weighted by atomic mass is 10.3. The van der Waals surface area contributed by atoms with Crippen LogP contribution in [0.25, 0.3) is 0 Å². The second kappa shape index (κ2) is 4.37. The monoisotopic (exact) mass is 226 g/mol. The molecule has 0 aliphatic heterocycles. The topological polar surface area (TPSA) is 98.1 Å². The van der Waals surface area contributed by atoms with Crippen LogP contribution in [-0.2, 0) is 12.8 Å². The summed E-state index contributed by atoms with van der Waals surface area (Å²) in [5, 5.41) is 14.8. The average Bonchev–Trinajstić information content (AvgIpc) is 2.78. The Kier molecular flexibility index (Phi) is 2.93. The van der Waals surface area contributed by atoms with E-state index < -0.39 is 0 Å². The van der Waals surface area contributed by atoms with E-state index in [0.717, 1.165) is 5.69 Å². The molecule has 7 heteroatoms. The number of aliphatic hydroxyl groups excluding tert-OH is 1. The fraction of sp³-hybridized carbons (Fsp3) is 0.375. The molecule has 80 valence electrons. The molecule has 0 bridgehead atoms. The lowest BCUT2D eigenvalue weighted by Gasteiger charge is -1.87. The van der Waals surface area contributed by atoms with Crippen molar-refractivity contribution in [2.75, 3.05) is 12.3 Å². The van der Waals surface area contributed by atoms with Crippen molar-refractivity contribution in [1.29, 1.82) is 0 Å². The van der Waals surface area contributed by atoms with Crippen molar-refractivity contribution in [1.82, 2.24) is 15.1 Å². The molecule has 0 spiro atoms. The lowest BCUT2D eigenvalue weighted by molar-refractivity contribution is 0.293. The summed E-state index contributed by atoms with van der Waals surface area (Å²) in [5.41, 5.74) is 6.31. The van der Waals surface area contributed by atoms with Gasteiger partial charge in [0.15, 0.2) is 11.0 Å². The summed E-state index contributed by atoms with van der Waals surface area (Å²) in [6.45, 7) is 0.0165. The van der Waals surface area contributed by atoms with Gasteiger partial charge in [0.2, 0.25) is 5.89 Å². The molecule has 3 N–H and O–H groups in total. The number of nitrogens with two attached hydrogens (primary N) is 1. The standard InChI is InChI=1S/C8H10N4O2S/c9-8-10-5(4-15-8)3-7-11-6(1-2-13)12-14-7/h4,13H,1-3H2,(H2,9,10). The second-order valence-electron chi connectivity index (χ2n) is 2.93. The number of nitrogens with zero attached hydrogens (tertiary/aromatic N) is 3. The Hall–Kier alpha value is -1.47. The third-order valence-corrected chi connectivity index (χ3v) is 2.47. The quantitative estimate of drug-likeness (QED) is 0.774. The molecule has 0 aliphatic carbocycles. The highest BCUT2D eigenvalue weighted by Crippen LogP contribution is 2.14. The van der Waals surface area contributed by atoms with E-state index in [1.165, 1.54) is 11.3 Å². The van der Waals surface area contributed by atoms with E-state index in [1.807, 2.05) is 5.38 Å². The van der Waals surface area contributed by atoms with Crippen LogP contribution in [0, 0.1) is 0 Å². The number of rotatable bonds is 4. The van der Waals surface area contributed by atoms with E-state index in [1.54, 1.807) is 0 Å². The SMILES string of the molecule is Nc1nc(Cc2nc(CCO)no2)cs1. The maximum absolute atomic E-state index is 8.67. The molecular formula is C8H10N4O2S. The summed E-state index contributed by atoms with van der Waals surface area (Å²) >= 11 is 1.38. The summed E-state index contributed by atoms with van der Waals surface area (Å²) in [4.78, 5) is 8.17. The van der Waals surface area contributed by atoms with Gasteiger partial charge in [0, 0.05) is 11.8 Å². The van der Waals surface area contributed by atoms with Gasteiger partial charge in [-0.2, -0.15) is 4.98 Å². The molecule has 0 atom stereocenters. The highest BCUT2D eigenvalue weighted by molar-refractivity contribution is 7.13. The van der Waals surface area contributed by atoms with Crippen molar-refractivity contribution in [3.05, 3.63) is 22.8 Å². The van der Waals surface area contributed by atoms with Crippen molar-refractivity contribution in [3.63, 3.8) is 0 Å². The fourth-order valence-electron chi connectivity index (χ4n) is 1.12. The first-order valence-corrected chi connectivity index (χ1v) is 5.28. The first-order chi connectivity index (χ1) is 7.28. The van der Waals surface area contributed by atoms with E-state index in [9.17, 15) is 0 Å². The van der Waals surface area contributed by atoms with E-state index in [4.69, 9.17) is 15.4 Å². The van der Waals surface area contributed by atoms with Crippen LogP contribution in [0.5, 0.6) is 0 Å². The van der Waals surface area contributed by atoms with Gasteiger partial charge in [-0.3, -0.25) is 0 Å². The minimum atomic E-state index is 0.0165. The third kappa shape index (κ3) is 2.51. The first kappa shape index (κ1) is 10.1. The number of anilines is 1. The van der Waals surface area contributed by atoms with Gasteiger partial charge in [0.25, 0.3) is 0 Å². The molecule has 0 aromatic carbocycles. The molecule has 0 amide bonds. The molecule has 0 fully saturated rings. The van der Waals surface area contributed by atoms with Gasteiger partial charge in [0.05, 0.1) is 18.7 Å². The van der Waals surface area contributed by atoms with Gasteiger partial charge in [-0.05, 0) is 0 Å². The van der Waals surface area contributed by atoms with Crippen LogP contribution in [0.1, 0.15) is 17.4 Å². The normalized spacial score (nSPS) is 10.7. The number of thiazole rings is 1.